The Morgan fingerprint density at radius 1 is 1.75 bits per heavy atom. The third kappa shape index (κ3) is 0.733. The van der Waals surface area contributed by atoms with Crippen LogP contribution < -0.4 is 5.73 Å². The molecule has 2 N–H and O–H groups in total. The van der Waals surface area contributed by atoms with Crippen molar-refractivity contribution in [2.24, 2.45) is 10.9 Å². The predicted molar refractivity (Wildman–Crippen MR) is 31.4 cm³/mol. The van der Waals surface area contributed by atoms with Gasteiger partial charge in [0.1, 0.15) is 5.54 Å². The summed E-state index contributed by atoms with van der Waals surface area (Å²) in [7, 11) is 0. The first-order valence-electron chi connectivity index (χ1n) is 2.76. The van der Waals surface area contributed by atoms with Crippen LogP contribution >= 0.6 is 0 Å². The lowest BCUT2D eigenvalue weighted by atomic mass is 9.75. The van der Waals surface area contributed by atoms with Gasteiger partial charge in [-0.1, -0.05) is 5.18 Å². The van der Waals surface area contributed by atoms with Crippen molar-refractivity contribution in [3.05, 3.63) is 4.91 Å². The quantitative estimate of drug-likeness (QED) is 0.508. The molecule has 0 aromatic carbocycles. The van der Waals surface area contributed by atoms with Crippen molar-refractivity contribution in [3.63, 3.8) is 0 Å². The summed E-state index contributed by atoms with van der Waals surface area (Å²) >= 11 is 0. The lowest BCUT2D eigenvalue weighted by Crippen LogP contribution is -2.47. The van der Waals surface area contributed by atoms with Gasteiger partial charge in [-0.3, -0.25) is 0 Å². The van der Waals surface area contributed by atoms with Gasteiger partial charge >= 0.3 is 0 Å². The number of rotatable bonds is 1. The molecule has 3 nitrogen and oxygen atoms in total. The molecule has 0 aliphatic heterocycles. The lowest BCUT2D eigenvalue weighted by Gasteiger charge is -2.36. The number of hydrogen-bond acceptors (Lipinski definition) is 3. The van der Waals surface area contributed by atoms with Gasteiger partial charge in [0.15, 0.2) is 0 Å². The number of nitrogens with zero attached hydrogens (tertiary/aromatic N) is 1. The van der Waals surface area contributed by atoms with Crippen LogP contribution in [0.2, 0.25) is 0 Å². The summed E-state index contributed by atoms with van der Waals surface area (Å²) in [5, 5.41) is 2.95. The highest BCUT2D eigenvalue weighted by atomic mass is 16.3. The van der Waals surface area contributed by atoms with E-state index >= 15 is 0 Å². The van der Waals surface area contributed by atoms with Crippen LogP contribution in [-0.2, 0) is 0 Å². The Kier molecular flexibility index (Phi) is 1.08. The van der Waals surface area contributed by atoms with Crippen LogP contribution in [0.3, 0.4) is 0 Å². The molecular weight excluding hydrogens is 104 g/mol. The summed E-state index contributed by atoms with van der Waals surface area (Å²) in [6.45, 7) is 1.84. The molecule has 0 bridgehead atoms. The van der Waals surface area contributed by atoms with Crippen molar-refractivity contribution in [2.75, 3.05) is 0 Å². The summed E-state index contributed by atoms with van der Waals surface area (Å²) in [6, 6.07) is 0.220. The second kappa shape index (κ2) is 1.52. The SMILES string of the molecule is CC1(N=O)CC(N)C1. The van der Waals surface area contributed by atoms with Gasteiger partial charge in [-0.05, 0) is 19.8 Å². The van der Waals surface area contributed by atoms with Crippen molar-refractivity contribution < 1.29 is 0 Å². The Balaban J connectivity index is 2.40. The van der Waals surface area contributed by atoms with E-state index in [1.165, 1.54) is 0 Å². The van der Waals surface area contributed by atoms with Crippen LogP contribution in [0.25, 0.3) is 0 Å². The molecule has 1 saturated carbocycles. The largest absolute Gasteiger partial charge is 0.328 e. The number of nitrogens with two attached hydrogens (primary N) is 1. The van der Waals surface area contributed by atoms with Gasteiger partial charge in [0.2, 0.25) is 0 Å². The van der Waals surface area contributed by atoms with Gasteiger partial charge < -0.3 is 5.73 Å². The third-order valence-corrected chi connectivity index (χ3v) is 1.62. The molecule has 0 heterocycles. The molecule has 0 saturated heterocycles. The van der Waals surface area contributed by atoms with Crippen LogP contribution in [0.15, 0.2) is 5.18 Å². The van der Waals surface area contributed by atoms with E-state index in [1.54, 1.807) is 0 Å². The van der Waals surface area contributed by atoms with Crippen molar-refractivity contribution >= 4 is 0 Å². The van der Waals surface area contributed by atoms with E-state index in [4.69, 9.17) is 5.73 Å². The highest BCUT2D eigenvalue weighted by Crippen LogP contribution is 2.33. The second-order valence-corrected chi connectivity index (χ2v) is 2.76. The molecule has 3 heteroatoms. The minimum Gasteiger partial charge on any atom is -0.328 e. The van der Waals surface area contributed by atoms with Crippen molar-refractivity contribution in [1.29, 1.82) is 0 Å². The maximum atomic E-state index is 9.95. The van der Waals surface area contributed by atoms with Crippen molar-refractivity contribution in [1.82, 2.24) is 0 Å². The zero-order chi connectivity index (χ0) is 6.20. The summed E-state index contributed by atoms with van der Waals surface area (Å²) in [6.07, 6.45) is 1.52. The third-order valence-electron chi connectivity index (χ3n) is 1.62. The fourth-order valence-electron chi connectivity index (χ4n) is 1.14. The molecule has 1 aliphatic rings. The molecular formula is C5H10N2O. The predicted octanol–water partition coefficient (Wildman–Crippen LogP) is 0.633. The summed E-state index contributed by atoms with van der Waals surface area (Å²) in [5.41, 5.74) is 5.11. The smallest absolute Gasteiger partial charge is 0.103 e. The van der Waals surface area contributed by atoms with Crippen LogP contribution in [-0.4, -0.2) is 11.6 Å². The first kappa shape index (κ1) is 5.69. The fourth-order valence-corrected chi connectivity index (χ4v) is 1.14. The molecule has 0 atom stereocenters. The Labute approximate surface area is 48.2 Å². The topological polar surface area (TPSA) is 55.5 Å². The maximum absolute atomic E-state index is 9.95. The normalized spacial score (nSPS) is 45.5. The molecule has 8 heavy (non-hydrogen) atoms. The first-order chi connectivity index (χ1) is 3.66. The van der Waals surface area contributed by atoms with E-state index in [0.29, 0.717) is 0 Å². The van der Waals surface area contributed by atoms with Crippen LogP contribution in [0, 0.1) is 4.91 Å². The van der Waals surface area contributed by atoms with E-state index in [1.807, 2.05) is 6.92 Å². The van der Waals surface area contributed by atoms with Gasteiger partial charge in [0.25, 0.3) is 0 Å². The zero-order valence-corrected chi connectivity index (χ0v) is 4.92. The lowest BCUT2D eigenvalue weighted by molar-refractivity contribution is 0.233. The molecule has 0 spiro atoms. The van der Waals surface area contributed by atoms with Gasteiger partial charge in [0.05, 0.1) is 0 Å². The van der Waals surface area contributed by atoms with Crippen LogP contribution in [0.1, 0.15) is 19.8 Å². The summed E-state index contributed by atoms with van der Waals surface area (Å²) in [4.78, 5) is 9.95. The molecule has 46 valence electrons. The summed E-state index contributed by atoms with van der Waals surface area (Å²) < 4.78 is 0. The van der Waals surface area contributed by atoms with Gasteiger partial charge in [-0.15, -0.1) is 0 Å². The molecule has 0 radical (unpaired) electrons. The fraction of sp³-hybridized carbons (Fsp3) is 1.00. The van der Waals surface area contributed by atoms with E-state index in [2.05, 4.69) is 5.18 Å². The average Bonchev–Trinajstić information content (AvgIpc) is 1.63. The van der Waals surface area contributed by atoms with E-state index in [9.17, 15) is 4.91 Å². The van der Waals surface area contributed by atoms with Gasteiger partial charge in [0, 0.05) is 6.04 Å². The minimum absolute atomic E-state index is 0.220. The van der Waals surface area contributed by atoms with Gasteiger partial charge in [-0.25, -0.2) is 0 Å². The van der Waals surface area contributed by atoms with Crippen molar-refractivity contribution in [3.8, 4) is 0 Å². The van der Waals surface area contributed by atoms with E-state index < -0.39 is 0 Å². The van der Waals surface area contributed by atoms with E-state index in [-0.39, 0.29) is 11.6 Å². The Bertz CT molecular complexity index is 107. The van der Waals surface area contributed by atoms with E-state index in [0.717, 1.165) is 12.8 Å². The maximum Gasteiger partial charge on any atom is 0.103 e. The highest BCUT2D eigenvalue weighted by molar-refractivity contribution is 4.99. The molecule has 0 aromatic heterocycles. The molecule has 1 aliphatic carbocycles. The second-order valence-electron chi connectivity index (χ2n) is 2.76. The van der Waals surface area contributed by atoms with Gasteiger partial charge in [-0.2, -0.15) is 4.91 Å². The molecule has 1 fully saturated rings. The number of nitroso groups, excluding NO2 is 1. The Morgan fingerprint density at radius 3 is 2.38 bits per heavy atom. The number of hydrogen-bond donors (Lipinski definition) is 1. The highest BCUT2D eigenvalue weighted by Gasteiger charge is 2.39. The van der Waals surface area contributed by atoms with Crippen molar-refractivity contribution in [2.45, 2.75) is 31.3 Å². The first-order valence-corrected chi connectivity index (χ1v) is 2.76. The minimum atomic E-state index is -0.320. The molecule has 1 rings (SSSR count). The van der Waals surface area contributed by atoms with Crippen LogP contribution in [0.5, 0.6) is 0 Å². The Hall–Kier alpha value is -0.440. The average molecular weight is 114 g/mol. The Morgan fingerprint density at radius 2 is 2.25 bits per heavy atom. The zero-order valence-electron chi connectivity index (χ0n) is 4.92. The standard InChI is InChI=1S/C5H10N2O/c1-5(7-8)2-4(6)3-5/h4H,2-3,6H2,1H3. The summed E-state index contributed by atoms with van der Waals surface area (Å²) in [5.74, 6) is 0. The van der Waals surface area contributed by atoms with Crippen LogP contribution in [0.4, 0.5) is 0 Å². The monoisotopic (exact) mass is 114 g/mol. The molecule has 0 aromatic rings. The molecule has 0 amide bonds. The molecule has 0 unspecified atom stereocenters.